The molecule has 7 unspecified atom stereocenters. The van der Waals surface area contributed by atoms with Crippen molar-refractivity contribution in [3.05, 3.63) is 166 Å². The van der Waals surface area contributed by atoms with Crippen LogP contribution in [-0.4, -0.2) is 102 Å². The number of methoxy groups -OCH3 is 1. The highest BCUT2D eigenvalue weighted by atomic mass is 16.7. The van der Waals surface area contributed by atoms with Gasteiger partial charge in [-0.2, -0.15) is 0 Å². The molecule has 7 atom stereocenters. The molecule has 3 saturated heterocycles. The molecule has 0 saturated carbocycles. The molecule has 0 radical (unpaired) electrons. The standard InChI is InChI=1S/C60H59N5O10/c1-37(2)50(56(68)72-3)61-59(71)64-46-27-21-39(20-19-38-13-7-4-8-14-38)33-45(46)60(58(64)70)49(55(67)63-31-29-62(30-32-63)35-40-22-28-47-48(34-40)74-36-73-47)52-57(69)75-53(42-17-11-6-12-18-42)51(41-15-9-5-10-16-41)65(52)54(60)43-23-25-44(66)26-24-43/h5-6,9-13,15-18,21-28,33-34,37,49-54,66H,4,7-8,14,29-32,35-36H2,1-3H3,(H,61,71). The average Bonchev–Trinajstić information content (AvgIpc) is 4.21. The molecule has 1 spiro atoms. The number of nitrogens with zero attached hydrogens (tertiary/aromatic N) is 4. The maximum absolute atomic E-state index is 16.8. The van der Waals surface area contributed by atoms with Crippen LogP contribution in [-0.2, 0) is 40.6 Å². The number of allylic oxidation sites excluding steroid dienone is 2. The number of fused-ring (bicyclic) bond motifs is 4. The number of aromatic hydroxyl groups is 1. The summed E-state index contributed by atoms with van der Waals surface area (Å²) in [5, 5.41) is 13.7. The van der Waals surface area contributed by atoms with Crippen molar-refractivity contribution in [1.82, 2.24) is 20.0 Å². The van der Waals surface area contributed by atoms with Crippen molar-refractivity contribution >= 4 is 35.5 Å². The molecule has 5 aromatic rings. The van der Waals surface area contributed by atoms with Crippen LogP contribution < -0.4 is 19.7 Å². The quantitative estimate of drug-likeness (QED) is 0.108. The smallest absolute Gasteiger partial charge is 0.329 e. The van der Waals surface area contributed by atoms with E-state index in [0.717, 1.165) is 47.3 Å². The Bertz CT molecular complexity index is 3130. The van der Waals surface area contributed by atoms with Crippen molar-refractivity contribution in [2.24, 2.45) is 11.8 Å². The Hall–Kier alpha value is -7.93. The van der Waals surface area contributed by atoms with Gasteiger partial charge in [0.2, 0.25) is 18.6 Å². The van der Waals surface area contributed by atoms with Gasteiger partial charge in [-0.3, -0.25) is 24.2 Å². The van der Waals surface area contributed by atoms with Gasteiger partial charge in [-0.25, -0.2) is 14.5 Å². The molecule has 4 amide bonds. The first-order valence-electron chi connectivity index (χ1n) is 25.8. The Morgan fingerprint density at radius 3 is 2.21 bits per heavy atom. The number of carbonyl (C=O) groups is 5. The van der Waals surface area contributed by atoms with Gasteiger partial charge in [-0.1, -0.05) is 111 Å². The third-order valence-corrected chi connectivity index (χ3v) is 15.7. The fourth-order valence-electron chi connectivity index (χ4n) is 12.2. The lowest BCUT2D eigenvalue weighted by molar-refractivity contribution is -0.179. The Balaban J connectivity index is 1.12. The fourth-order valence-corrected chi connectivity index (χ4v) is 12.2. The largest absolute Gasteiger partial charge is 0.508 e. The van der Waals surface area contributed by atoms with Crippen LogP contribution in [0.4, 0.5) is 10.5 Å². The second kappa shape index (κ2) is 20.4. The summed E-state index contributed by atoms with van der Waals surface area (Å²) in [5.74, 6) is 3.46. The summed E-state index contributed by atoms with van der Waals surface area (Å²) in [5.41, 5.74) is 2.95. The average molecular weight is 1010 g/mol. The van der Waals surface area contributed by atoms with Crippen LogP contribution in [0.3, 0.4) is 0 Å². The number of hydrogen-bond acceptors (Lipinski definition) is 12. The number of phenols is 1. The van der Waals surface area contributed by atoms with Crippen LogP contribution in [0, 0.1) is 23.7 Å². The number of phenolic OH excluding ortho intramolecular Hbond substituents is 1. The van der Waals surface area contributed by atoms with E-state index < -0.39 is 77.3 Å². The molecular formula is C60H59N5O10. The van der Waals surface area contributed by atoms with E-state index in [1.807, 2.05) is 83.8 Å². The number of urea groups is 1. The fraction of sp³-hybridized carbons (Fsp3) is 0.350. The maximum Gasteiger partial charge on any atom is 0.329 e. The Morgan fingerprint density at radius 2 is 1.52 bits per heavy atom. The Kier molecular flexibility index (Phi) is 13.4. The van der Waals surface area contributed by atoms with Crippen molar-refractivity contribution in [3.8, 4) is 29.1 Å². The molecule has 11 rings (SSSR count). The number of ether oxygens (including phenoxy) is 4. The molecule has 6 aliphatic rings. The van der Waals surface area contributed by atoms with Gasteiger partial charge >= 0.3 is 18.0 Å². The number of cyclic esters (lactones) is 1. The van der Waals surface area contributed by atoms with E-state index in [0.29, 0.717) is 53.4 Å². The van der Waals surface area contributed by atoms with Gasteiger partial charge in [0, 0.05) is 38.3 Å². The molecule has 15 heteroatoms. The minimum absolute atomic E-state index is 0.0373. The van der Waals surface area contributed by atoms with Crippen molar-refractivity contribution < 1.29 is 48.0 Å². The highest BCUT2D eigenvalue weighted by Crippen LogP contribution is 2.66. The predicted octanol–water partition coefficient (Wildman–Crippen LogP) is 7.89. The first-order valence-corrected chi connectivity index (χ1v) is 25.8. The number of hydrogen-bond donors (Lipinski definition) is 2. The van der Waals surface area contributed by atoms with Crippen LogP contribution in [0.1, 0.15) is 91.1 Å². The zero-order valence-corrected chi connectivity index (χ0v) is 42.1. The molecule has 5 heterocycles. The number of rotatable bonds is 9. The number of imide groups is 1. The van der Waals surface area contributed by atoms with Gasteiger partial charge in [0.05, 0.1) is 30.8 Å². The van der Waals surface area contributed by atoms with Gasteiger partial charge in [-0.15, -0.1) is 0 Å². The van der Waals surface area contributed by atoms with Gasteiger partial charge in [0.1, 0.15) is 29.4 Å². The number of morpholine rings is 1. The van der Waals surface area contributed by atoms with Gasteiger partial charge in [-0.05, 0) is 107 Å². The van der Waals surface area contributed by atoms with Crippen molar-refractivity contribution in [1.29, 1.82) is 0 Å². The summed E-state index contributed by atoms with van der Waals surface area (Å²) in [6.07, 6.45) is 5.07. The van der Waals surface area contributed by atoms with E-state index in [1.165, 1.54) is 19.2 Å². The SMILES string of the molecule is COC(=O)C(NC(=O)N1C(=O)C2(c3cc(C#CC4=CCCCC4)ccc31)C(C(=O)N1CCN(Cc3ccc4c(c3)OCO4)CC1)C1C(=O)OC(c3ccccc3)C(c3ccccc3)N1C2c1ccc(O)cc1)C(C)C. The van der Waals surface area contributed by atoms with E-state index in [9.17, 15) is 9.90 Å². The highest BCUT2D eigenvalue weighted by molar-refractivity contribution is 6.25. The molecule has 5 aliphatic heterocycles. The number of carbonyl (C=O) groups excluding carboxylic acids is 5. The van der Waals surface area contributed by atoms with Crippen molar-refractivity contribution in [3.63, 3.8) is 0 Å². The lowest BCUT2D eigenvalue weighted by Gasteiger charge is -2.46. The Labute approximate surface area is 436 Å². The third-order valence-electron chi connectivity index (χ3n) is 15.7. The highest BCUT2D eigenvalue weighted by Gasteiger charge is 2.76. The van der Waals surface area contributed by atoms with Gasteiger partial charge < -0.3 is 34.3 Å². The number of piperazine rings is 1. The number of benzene rings is 5. The Morgan fingerprint density at radius 1 is 0.800 bits per heavy atom. The zero-order chi connectivity index (χ0) is 52.0. The normalized spacial score (nSPS) is 24.4. The van der Waals surface area contributed by atoms with E-state index in [4.69, 9.17) is 18.9 Å². The number of amides is 4. The summed E-state index contributed by atoms with van der Waals surface area (Å²) >= 11 is 0. The summed E-state index contributed by atoms with van der Waals surface area (Å²) in [6, 6.07) is 31.1. The summed E-state index contributed by atoms with van der Waals surface area (Å²) in [4.78, 5) is 84.5. The lowest BCUT2D eigenvalue weighted by atomic mass is 9.64. The molecule has 0 bridgehead atoms. The first kappa shape index (κ1) is 49.3. The predicted molar refractivity (Wildman–Crippen MR) is 277 cm³/mol. The minimum Gasteiger partial charge on any atom is -0.508 e. The maximum atomic E-state index is 16.8. The second-order valence-electron chi connectivity index (χ2n) is 20.4. The molecule has 15 nitrogen and oxygen atoms in total. The van der Waals surface area contributed by atoms with Gasteiger partial charge in [0.15, 0.2) is 11.5 Å². The first-order chi connectivity index (χ1) is 36.5. The molecule has 2 N–H and O–H groups in total. The molecule has 3 fully saturated rings. The van der Waals surface area contributed by atoms with E-state index in [1.54, 1.807) is 49.1 Å². The summed E-state index contributed by atoms with van der Waals surface area (Å²) in [6.45, 7) is 5.73. The molecule has 5 aromatic carbocycles. The van der Waals surface area contributed by atoms with Crippen LogP contribution >= 0.6 is 0 Å². The summed E-state index contributed by atoms with van der Waals surface area (Å²) in [7, 11) is 1.23. The third kappa shape index (κ3) is 8.85. The van der Waals surface area contributed by atoms with Crippen LogP contribution in [0.2, 0.25) is 0 Å². The van der Waals surface area contributed by atoms with E-state index >= 15 is 19.2 Å². The van der Waals surface area contributed by atoms with Crippen LogP contribution in [0.25, 0.3) is 0 Å². The van der Waals surface area contributed by atoms with Crippen molar-refractivity contribution in [2.75, 3.05) is 45.0 Å². The zero-order valence-electron chi connectivity index (χ0n) is 42.1. The molecule has 0 aromatic heterocycles. The van der Waals surface area contributed by atoms with Crippen LogP contribution in [0.15, 0.2) is 133 Å². The molecule has 75 heavy (non-hydrogen) atoms. The topological polar surface area (TPSA) is 167 Å². The molecule has 1 aliphatic carbocycles. The van der Waals surface area contributed by atoms with Gasteiger partial charge in [0.25, 0.3) is 0 Å². The minimum atomic E-state index is -2.05. The number of nitrogens with one attached hydrogen (secondary N) is 1. The van der Waals surface area contributed by atoms with Crippen LogP contribution in [0.5, 0.6) is 17.2 Å². The number of anilines is 1. The van der Waals surface area contributed by atoms with E-state index in [-0.39, 0.29) is 31.3 Å². The van der Waals surface area contributed by atoms with Crippen molar-refractivity contribution in [2.45, 2.75) is 81.8 Å². The number of esters is 2. The second-order valence-corrected chi connectivity index (χ2v) is 20.4. The molecular weight excluding hydrogens is 951 g/mol. The van der Waals surface area contributed by atoms with E-state index in [2.05, 4.69) is 28.1 Å². The molecule has 384 valence electrons. The monoisotopic (exact) mass is 1010 g/mol. The lowest BCUT2D eigenvalue weighted by Crippen LogP contribution is -2.59. The summed E-state index contributed by atoms with van der Waals surface area (Å²) < 4.78 is 23.0.